The molecule has 0 aliphatic heterocycles. The second-order valence-corrected chi connectivity index (χ2v) is 6.49. The van der Waals surface area contributed by atoms with E-state index in [1.165, 1.54) is 0 Å². The van der Waals surface area contributed by atoms with Crippen LogP contribution in [0, 0.1) is 23.2 Å². The van der Waals surface area contributed by atoms with E-state index in [9.17, 15) is 8.78 Å². The lowest BCUT2D eigenvalue weighted by Gasteiger charge is -2.43. The minimum absolute atomic E-state index is 0.229. The molecule has 0 amide bonds. The molecule has 1 fully saturated rings. The molecule has 0 aromatic heterocycles. The van der Waals surface area contributed by atoms with Gasteiger partial charge in [-0.2, -0.15) is 8.78 Å². The number of hydrogen-bond donors (Lipinski definition) is 0. The van der Waals surface area contributed by atoms with Crippen molar-refractivity contribution in [2.24, 2.45) is 23.2 Å². The molecule has 1 aliphatic carbocycles. The zero-order chi connectivity index (χ0) is 12.5. The van der Waals surface area contributed by atoms with E-state index in [-0.39, 0.29) is 5.41 Å². The van der Waals surface area contributed by atoms with Crippen LogP contribution in [-0.2, 0) is 0 Å². The van der Waals surface area contributed by atoms with Crippen LogP contribution in [0.3, 0.4) is 0 Å². The molecule has 0 saturated heterocycles. The van der Waals surface area contributed by atoms with E-state index in [1.54, 1.807) is 0 Å². The van der Waals surface area contributed by atoms with Gasteiger partial charge in [0.2, 0.25) is 0 Å². The lowest BCUT2D eigenvalue weighted by molar-refractivity contribution is 0.0924. The number of hydrogen-bond acceptors (Lipinski definition) is 0. The van der Waals surface area contributed by atoms with E-state index < -0.39 is 6.08 Å². The Bertz CT molecular complexity index is 267. The van der Waals surface area contributed by atoms with Crippen LogP contribution in [0.25, 0.3) is 0 Å². The molecule has 0 radical (unpaired) electrons. The van der Waals surface area contributed by atoms with Crippen molar-refractivity contribution in [1.82, 2.24) is 0 Å². The summed E-state index contributed by atoms with van der Waals surface area (Å²) in [6.07, 6.45) is 0.673. The first-order chi connectivity index (χ1) is 7.23. The Morgan fingerprint density at radius 2 is 1.81 bits per heavy atom. The van der Waals surface area contributed by atoms with Crippen molar-refractivity contribution in [3.8, 4) is 0 Å². The molecular weight excluding hydrogens is 206 g/mol. The van der Waals surface area contributed by atoms with Gasteiger partial charge < -0.3 is 0 Å². The maximum Gasteiger partial charge on any atom is 0.269 e. The highest BCUT2D eigenvalue weighted by molar-refractivity contribution is 5.09. The van der Waals surface area contributed by atoms with Gasteiger partial charge in [0.25, 0.3) is 6.08 Å². The van der Waals surface area contributed by atoms with Crippen molar-refractivity contribution in [3.63, 3.8) is 0 Å². The van der Waals surface area contributed by atoms with Crippen molar-refractivity contribution < 1.29 is 8.78 Å². The van der Waals surface area contributed by atoms with E-state index in [0.29, 0.717) is 36.2 Å². The van der Waals surface area contributed by atoms with Crippen molar-refractivity contribution >= 4 is 0 Å². The molecule has 1 rings (SSSR count). The Kier molecular flexibility index (Phi) is 4.14. The van der Waals surface area contributed by atoms with E-state index >= 15 is 0 Å². The van der Waals surface area contributed by atoms with Crippen LogP contribution < -0.4 is 0 Å². The number of halogens is 2. The second kappa shape index (κ2) is 4.85. The van der Waals surface area contributed by atoms with Crippen LogP contribution in [0.5, 0.6) is 0 Å². The van der Waals surface area contributed by atoms with Gasteiger partial charge in [-0.3, -0.25) is 0 Å². The third-order valence-corrected chi connectivity index (χ3v) is 3.99. The average molecular weight is 230 g/mol. The van der Waals surface area contributed by atoms with Gasteiger partial charge in [0, 0.05) is 0 Å². The first kappa shape index (κ1) is 13.7. The molecular formula is C14H24F2. The summed E-state index contributed by atoms with van der Waals surface area (Å²) >= 11 is 0. The maximum absolute atomic E-state index is 12.7. The first-order valence-corrected chi connectivity index (χ1v) is 6.26. The molecule has 1 aliphatic rings. The SMILES string of the molecule is CC(C)C1CC(=C(F)F)CCC1C(C)(C)C. The minimum Gasteiger partial charge on any atom is -0.173 e. The van der Waals surface area contributed by atoms with Gasteiger partial charge in [-0.05, 0) is 48.0 Å². The fourth-order valence-electron chi connectivity index (χ4n) is 3.02. The molecule has 2 atom stereocenters. The Hall–Kier alpha value is -0.400. The normalized spacial score (nSPS) is 27.4. The molecule has 2 unspecified atom stereocenters. The molecule has 0 aromatic rings. The van der Waals surface area contributed by atoms with E-state index in [1.807, 2.05) is 0 Å². The lowest BCUT2D eigenvalue weighted by Crippen LogP contribution is -2.34. The van der Waals surface area contributed by atoms with Gasteiger partial charge in [0.1, 0.15) is 0 Å². The highest BCUT2D eigenvalue weighted by Crippen LogP contribution is 2.47. The van der Waals surface area contributed by atoms with E-state index in [0.717, 1.165) is 6.42 Å². The Morgan fingerprint density at radius 1 is 1.25 bits per heavy atom. The monoisotopic (exact) mass is 230 g/mol. The smallest absolute Gasteiger partial charge is 0.173 e. The van der Waals surface area contributed by atoms with Crippen LogP contribution in [0.2, 0.25) is 0 Å². The summed E-state index contributed by atoms with van der Waals surface area (Å²) in [6.45, 7) is 11.0. The Balaban J connectivity index is 2.88. The van der Waals surface area contributed by atoms with E-state index in [4.69, 9.17) is 0 Å². The van der Waals surface area contributed by atoms with Gasteiger partial charge in [-0.25, -0.2) is 0 Å². The van der Waals surface area contributed by atoms with Crippen LogP contribution in [0.1, 0.15) is 53.9 Å². The molecule has 0 spiro atoms. The molecule has 0 nitrogen and oxygen atoms in total. The Labute approximate surface area is 98.1 Å². The minimum atomic E-state index is -1.43. The van der Waals surface area contributed by atoms with Crippen molar-refractivity contribution in [1.29, 1.82) is 0 Å². The summed E-state index contributed by atoms with van der Waals surface area (Å²) in [6, 6.07) is 0. The van der Waals surface area contributed by atoms with Crippen LogP contribution in [0.15, 0.2) is 11.7 Å². The van der Waals surface area contributed by atoms with Crippen molar-refractivity contribution in [2.45, 2.75) is 53.9 Å². The molecule has 16 heavy (non-hydrogen) atoms. The zero-order valence-electron chi connectivity index (χ0n) is 11.1. The largest absolute Gasteiger partial charge is 0.269 e. The summed E-state index contributed by atoms with van der Waals surface area (Å²) in [5, 5.41) is 0. The fourth-order valence-corrected chi connectivity index (χ4v) is 3.02. The third kappa shape index (κ3) is 3.05. The van der Waals surface area contributed by atoms with Crippen molar-refractivity contribution in [3.05, 3.63) is 11.7 Å². The lowest BCUT2D eigenvalue weighted by atomic mass is 9.62. The fraction of sp³-hybridized carbons (Fsp3) is 0.857. The topological polar surface area (TPSA) is 0 Å². The summed E-state index contributed by atoms with van der Waals surface area (Å²) < 4.78 is 25.3. The summed E-state index contributed by atoms with van der Waals surface area (Å²) in [5.74, 6) is 1.46. The van der Waals surface area contributed by atoms with Crippen LogP contribution in [-0.4, -0.2) is 0 Å². The van der Waals surface area contributed by atoms with Crippen LogP contribution >= 0.6 is 0 Å². The van der Waals surface area contributed by atoms with Gasteiger partial charge in [0.15, 0.2) is 0 Å². The van der Waals surface area contributed by atoms with Gasteiger partial charge in [-0.15, -0.1) is 0 Å². The predicted molar refractivity (Wildman–Crippen MR) is 64.4 cm³/mol. The Morgan fingerprint density at radius 3 is 2.19 bits per heavy atom. The highest BCUT2D eigenvalue weighted by atomic mass is 19.3. The first-order valence-electron chi connectivity index (χ1n) is 6.26. The molecule has 0 bridgehead atoms. The maximum atomic E-state index is 12.7. The molecule has 2 heteroatoms. The molecule has 1 saturated carbocycles. The van der Waals surface area contributed by atoms with Gasteiger partial charge >= 0.3 is 0 Å². The quantitative estimate of drug-likeness (QED) is 0.576. The van der Waals surface area contributed by atoms with Crippen molar-refractivity contribution in [2.75, 3.05) is 0 Å². The molecule has 0 aromatic carbocycles. The highest BCUT2D eigenvalue weighted by Gasteiger charge is 2.37. The van der Waals surface area contributed by atoms with Crippen LogP contribution in [0.4, 0.5) is 8.78 Å². The average Bonchev–Trinajstić information content (AvgIpc) is 2.15. The zero-order valence-corrected chi connectivity index (χ0v) is 11.1. The van der Waals surface area contributed by atoms with E-state index in [2.05, 4.69) is 34.6 Å². The predicted octanol–water partition coefficient (Wildman–Crippen LogP) is 5.26. The second-order valence-electron chi connectivity index (χ2n) is 6.49. The molecule has 0 N–H and O–H groups in total. The standard InChI is InChI=1S/C14H24F2/c1-9(2)11-8-10(13(15)16)6-7-12(11)14(3,4)5/h9,11-12H,6-8H2,1-5H3. The third-order valence-electron chi connectivity index (χ3n) is 3.99. The molecule has 0 heterocycles. The number of rotatable bonds is 1. The van der Waals surface area contributed by atoms with Gasteiger partial charge in [-0.1, -0.05) is 34.6 Å². The molecule has 94 valence electrons. The summed E-state index contributed by atoms with van der Waals surface area (Å²) in [7, 11) is 0. The summed E-state index contributed by atoms with van der Waals surface area (Å²) in [4.78, 5) is 0. The summed E-state index contributed by atoms with van der Waals surface area (Å²) in [5.41, 5.74) is 0.631. The van der Waals surface area contributed by atoms with Gasteiger partial charge in [0.05, 0.1) is 0 Å². The number of allylic oxidation sites excluding steroid dienone is 1.